The molecule has 5 rings (SSSR count). The number of carbonyl (C=O) groups excluding carboxylic acids is 1. The predicted octanol–water partition coefficient (Wildman–Crippen LogP) is 5.75. The normalized spacial score (nSPS) is 15.5. The van der Waals surface area contributed by atoms with Gasteiger partial charge in [0.2, 0.25) is 0 Å². The summed E-state index contributed by atoms with van der Waals surface area (Å²) in [6, 6.07) is 19.4. The highest BCUT2D eigenvalue weighted by Crippen LogP contribution is 2.28. The summed E-state index contributed by atoms with van der Waals surface area (Å²) in [4.78, 5) is 18.6. The van der Waals surface area contributed by atoms with Crippen molar-refractivity contribution in [1.82, 2.24) is 9.38 Å². The number of ether oxygens (including phenoxy) is 2. The van der Waals surface area contributed by atoms with E-state index in [1.54, 1.807) is 11.8 Å². The third kappa shape index (κ3) is 5.43. The van der Waals surface area contributed by atoms with Crippen molar-refractivity contribution in [3.63, 3.8) is 0 Å². The van der Waals surface area contributed by atoms with Crippen LogP contribution in [0.3, 0.4) is 0 Å². The van der Waals surface area contributed by atoms with Gasteiger partial charge in [0.05, 0.1) is 17.5 Å². The molecule has 1 N–H and O–H groups in total. The van der Waals surface area contributed by atoms with Gasteiger partial charge in [-0.1, -0.05) is 12.1 Å². The molecule has 3 heterocycles. The number of aryl methyl sites for hydroxylation is 1. The lowest BCUT2D eigenvalue weighted by Gasteiger charge is -2.16. The van der Waals surface area contributed by atoms with E-state index >= 15 is 0 Å². The highest BCUT2D eigenvalue weighted by atomic mass is 32.2. The molecule has 34 heavy (non-hydrogen) atoms. The first kappa shape index (κ1) is 22.5. The number of pyridine rings is 1. The van der Waals surface area contributed by atoms with Crippen LogP contribution in [-0.4, -0.2) is 34.6 Å². The summed E-state index contributed by atoms with van der Waals surface area (Å²) in [6.45, 7) is 3.29. The van der Waals surface area contributed by atoms with Gasteiger partial charge in [-0.2, -0.15) is 0 Å². The quantitative estimate of drug-likeness (QED) is 0.330. The molecule has 174 valence electrons. The van der Waals surface area contributed by atoms with E-state index in [-0.39, 0.29) is 12.0 Å². The van der Waals surface area contributed by atoms with E-state index in [1.165, 1.54) is 0 Å². The summed E-state index contributed by atoms with van der Waals surface area (Å²) in [5, 5.41) is 3.00. The molecule has 1 atom stereocenters. The fourth-order valence-electron chi connectivity index (χ4n) is 3.92. The lowest BCUT2D eigenvalue weighted by Crippen LogP contribution is -2.18. The highest BCUT2D eigenvalue weighted by molar-refractivity contribution is 7.98. The second kappa shape index (κ2) is 10.3. The van der Waals surface area contributed by atoms with E-state index in [0.29, 0.717) is 23.6 Å². The SMILES string of the molecule is Cc1ccc(NC(=O)c2ccc(SCc3cn4ccccc4n3)cc2)c(OCC2CCCO2)c1. The van der Waals surface area contributed by atoms with Crippen LogP contribution in [0.1, 0.15) is 34.5 Å². The predicted molar refractivity (Wildman–Crippen MR) is 135 cm³/mol. The van der Waals surface area contributed by atoms with E-state index in [2.05, 4.69) is 10.3 Å². The van der Waals surface area contributed by atoms with Crippen LogP contribution < -0.4 is 10.1 Å². The topological polar surface area (TPSA) is 64.9 Å². The molecule has 1 unspecified atom stereocenters. The van der Waals surface area contributed by atoms with Crippen molar-refractivity contribution >= 4 is 29.0 Å². The molecule has 1 aliphatic heterocycles. The van der Waals surface area contributed by atoms with Gasteiger partial charge in [-0.05, 0) is 73.9 Å². The van der Waals surface area contributed by atoms with Crippen molar-refractivity contribution in [3.8, 4) is 5.75 Å². The van der Waals surface area contributed by atoms with Gasteiger partial charge in [0.15, 0.2) is 0 Å². The zero-order chi connectivity index (χ0) is 23.3. The molecule has 4 aromatic rings. The van der Waals surface area contributed by atoms with Crippen LogP contribution in [0.2, 0.25) is 0 Å². The van der Waals surface area contributed by atoms with Crippen LogP contribution in [0.5, 0.6) is 5.75 Å². The number of aromatic nitrogens is 2. The molecule has 0 spiro atoms. The van der Waals surface area contributed by atoms with Crippen molar-refractivity contribution in [1.29, 1.82) is 0 Å². The van der Waals surface area contributed by atoms with Crippen molar-refractivity contribution in [2.75, 3.05) is 18.5 Å². The molecule has 0 aliphatic carbocycles. The van der Waals surface area contributed by atoms with Crippen molar-refractivity contribution in [3.05, 3.63) is 89.9 Å². The van der Waals surface area contributed by atoms with Gasteiger partial charge in [-0.25, -0.2) is 4.98 Å². The minimum Gasteiger partial charge on any atom is -0.489 e. The molecule has 0 saturated carbocycles. The summed E-state index contributed by atoms with van der Waals surface area (Å²) in [7, 11) is 0. The van der Waals surface area contributed by atoms with Gasteiger partial charge in [-0.15, -0.1) is 11.8 Å². The average Bonchev–Trinajstić information content (AvgIpc) is 3.52. The van der Waals surface area contributed by atoms with Crippen molar-refractivity contribution in [2.45, 2.75) is 36.5 Å². The molecule has 1 aliphatic rings. The van der Waals surface area contributed by atoms with Crippen LogP contribution in [0, 0.1) is 6.92 Å². The highest BCUT2D eigenvalue weighted by Gasteiger charge is 2.18. The zero-order valence-electron chi connectivity index (χ0n) is 19.1. The molecule has 0 radical (unpaired) electrons. The minimum absolute atomic E-state index is 0.120. The standard InChI is InChI=1S/C27H27N3O3S/c1-19-7-12-24(25(15-19)33-17-22-5-4-14-32-22)29-27(31)20-8-10-23(11-9-20)34-18-21-16-30-13-3-2-6-26(30)28-21/h2-3,6-13,15-16,22H,4-5,14,17-18H2,1H3,(H,29,31). The van der Waals surface area contributed by atoms with Crippen LogP contribution in [0.25, 0.3) is 5.65 Å². The number of nitrogens with one attached hydrogen (secondary N) is 1. The Morgan fingerprint density at radius 1 is 1.21 bits per heavy atom. The Bertz CT molecular complexity index is 1250. The summed E-state index contributed by atoms with van der Waals surface area (Å²) in [6.07, 6.45) is 6.24. The Hall–Kier alpha value is -3.29. The largest absolute Gasteiger partial charge is 0.489 e. The number of hydrogen-bond acceptors (Lipinski definition) is 5. The zero-order valence-corrected chi connectivity index (χ0v) is 19.9. The number of amides is 1. The maximum atomic E-state index is 12.9. The molecule has 7 heteroatoms. The third-order valence-corrected chi connectivity index (χ3v) is 6.80. The number of benzene rings is 2. The van der Waals surface area contributed by atoms with Gasteiger partial charge in [0.1, 0.15) is 18.0 Å². The molecule has 2 aromatic heterocycles. The van der Waals surface area contributed by atoms with Crippen LogP contribution in [0.4, 0.5) is 5.69 Å². The number of hydrogen-bond donors (Lipinski definition) is 1. The van der Waals surface area contributed by atoms with E-state index in [4.69, 9.17) is 9.47 Å². The van der Waals surface area contributed by atoms with E-state index < -0.39 is 0 Å². The molecular formula is C27H27N3O3S. The summed E-state index contributed by atoms with van der Waals surface area (Å²) in [5.74, 6) is 1.27. The summed E-state index contributed by atoms with van der Waals surface area (Å²) < 4.78 is 13.7. The Kier molecular flexibility index (Phi) is 6.83. The summed E-state index contributed by atoms with van der Waals surface area (Å²) in [5.41, 5.74) is 4.31. The second-order valence-electron chi connectivity index (χ2n) is 8.41. The summed E-state index contributed by atoms with van der Waals surface area (Å²) >= 11 is 1.70. The van der Waals surface area contributed by atoms with Crippen LogP contribution in [0.15, 0.2) is 78.0 Å². The number of nitrogens with zero attached hydrogens (tertiary/aromatic N) is 2. The molecule has 1 saturated heterocycles. The molecule has 0 bridgehead atoms. The Balaban J connectivity index is 1.20. The van der Waals surface area contributed by atoms with Gasteiger partial charge in [-0.3, -0.25) is 4.79 Å². The monoisotopic (exact) mass is 473 g/mol. The molecular weight excluding hydrogens is 446 g/mol. The van der Waals surface area contributed by atoms with E-state index in [1.807, 2.05) is 84.4 Å². The first-order valence-electron chi connectivity index (χ1n) is 11.5. The Morgan fingerprint density at radius 2 is 2.09 bits per heavy atom. The van der Waals surface area contributed by atoms with Gasteiger partial charge < -0.3 is 19.2 Å². The van der Waals surface area contributed by atoms with Gasteiger partial charge in [0.25, 0.3) is 5.91 Å². The Morgan fingerprint density at radius 3 is 2.88 bits per heavy atom. The number of carbonyl (C=O) groups is 1. The van der Waals surface area contributed by atoms with Crippen LogP contribution in [-0.2, 0) is 10.5 Å². The molecule has 6 nitrogen and oxygen atoms in total. The van der Waals surface area contributed by atoms with E-state index in [0.717, 1.165) is 47.0 Å². The molecule has 1 fully saturated rings. The number of fused-ring (bicyclic) bond motifs is 1. The fourth-order valence-corrected chi connectivity index (χ4v) is 4.70. The molecule has 2 aromatic carbocycles. The number of imidazole rings is 1. The van der Waals surface area contributed by atoms with Crippen molar-refractivity contribution < 1.29 is 14.3 Å². The first-order valence-corrected chi connectivity index (χ1v) is 12.4. The maximum absolute atomic E-state index is 12.9. The maximum Gasteiger partial charge on any atom is 0.255 e. The number of thioether (sulfide) groups is 1. The number of rotatable bonds is 8. The third-order valence-electron chi connectivity index (χ3n) is 5.75. The molecule has 1 amide bonds. The average molecular weight is 474 g/mol. The van der Waals surface area contributed by atoms with Gasteiger partial charge in [0, 0.05) is 35.2 Å². The van der Waals surface area contributed by atoms with E-state index in [9.17, 15) is 4.79 Å². The smallest absolute Gasteiger partial charge is 0.255 e. The fraction of sp³-hybridized carbons (Fsp3) is 0.259. The lowest BCUT2D eigenvalue weighted by molar-refractivity contribution is 0.0681. The number of anilines is 1. The first-order chi connectivity index (χ1) is 16.6. The van der Waals surface area contributed by atoms with Crippen LogP contribution >= 0.6 is 11.8 Å². The lowest BCUT2D eigenvalue weighted by atomic mass is 10.1. The minimum atomic E-state index is -0.164. The second-order valence-corrected chi connectivity index (χ2v) is 9.46. The van der Waals surface area contributed by atoms with Gasteiger partial charge >= 0.3 is 0 Å². The Labute approximate surface area is 203 Å². The van der Waals surface area contributed by atoms with Crippen molar-refractivity contribution in [2.24, 2.45) is 0 Å².